The fraction of sp³-hybridized carbons (Fsp3) is 0.235. The lowest BCUT2D eigenvalue weighted by atomic mass is 10.1. The van der Waals surface area contributed by atoms with E-state index < -0.39 is 10.0 Å². The smallest absolute Gasteiger partial charge is 0.240 e. The molecule has 0 saturated carbocycles. The number of oxazole rings is 1. The first-order chi connectivity index (χ1) is 11.5. The van der Waals surface area contributed by atoms with Crippen LogP contribution in [0.2, 0.25) is 0 Å². The molecule has 3 aromatic rings. The molecule has 1 N–H and O–H groups in total. The van der Waals surface area contributed by atoms with E-state index in [1.165, 1.54) is 12.1 Å². The Morgan fingerprint density at radius 1 is 1.21 bits per heavy atom. The van der Waals surface area contributed by atoms with Crippen molar-refractivity contribution in [3.05, 3.63) is 53.9 Å². The van der Waals surface area contributed by atoms with Crippen molar-refractivity contribution >= 4 is 21.1 Å². The fourth-order valence-electron chi connectivity index (χ4n) is 2.43. The minimum absolute atomic E-state index is 0.164. The van der Waals surface area contributed by atoms with E-state index in [0.717, 1.165) is 11.3 Å². The molecule has 6 nitrogen and oxygen atoms in total. The summed E-state index contributed by atoms with van der Waals surface area (Å²) in [5.41, 5.74) is 2.10. The summed E-state index contributed by atoms with van der Waals surface area (Å²) in [6.07, 6.45) is 0.570. The molecule has 0 aliphatic carbocycles. The lowest BCUT2D eigenvalue weighted by Crippen LogP contribution is -2.26. The van der Waals surface area contributed by atoms with Crippen LogP contribution in [-0.4, -0.2) is 27.1 Å². The first-order valence-corrected chi connectivity index (χ1v) is 8.96. The summed E-state index contributed by atoms with van der Waals surface area (Å²) in [6.45, 7) is 2.02. The van der Waals surface area contributed by atoms with E-state index in [4.69, 9.17) is 9.15 Å². The molecule has 0 fully saturated rings. The number of benzene rings is 2. The van der Waals surface area contributed by atoms with E-state index in [1.54, 1.807) is 20.1 Å². The van der Waals surface area contributed by atoms with Crippen molar-refractivity contribution in [2.45, 2.75) is 18.2 Å². The number of methoxy groups -OCH3 is 1. The van der Waals surface area contributed by atoms with Gasteiger partial charge in [-0.05, 0) is 36.2 Å². The van der Waals surface area contributed by atoms with Crippen LogP contribution >= 0.6 is 0 Å². The monoisotopic (exact) mass is 346 g/mol. The van der Waals surface area contributed by atoms with Crippen LogP contribution in [-0.2, 0) is 16.4 Å². The normalized spacial score (nSPS) is 11.8. The summed E-state index contributed by atoms with van der Waals surface area (Å²) in [4.78, 5) is 4.32. The molecule has 1 heterocycles. The Kier molecular flexibility index (Phi) is 4.55. The Bertz CT molecular complexity index is 964. The number of rotatable bonds is 6. The number of nitrogens with zero attached hydrogens (tertiary/aromatic N) is 1. The van der Waals surface area contributed by atoms with Gasteiger partial charge in [0.05, 0.1) is 12.0 Å². The molecule has 7 heteroatoms. The van der Waals surface area contributed by atoms with Gasteiger partial charge in [-0.15, -0.1) is 0 Å². The minimum atomic E-state index is -3.60. The van der Waals surface area contributed by atoms with Crippen LogP contribution in [0.5, 0.6) is 5.75 Å². The highest BCUT2D eigenvalue weighted by atomic mass is 32.2. The summed E-state index contributed by atoms with van der Waals surface area (Å²) >= 11 is 0. The number of nitrogens with one attached hydrogen (secondary N) is 1. The number of aryl methyl sites for hydroxylation is 1. The van der Waals surface area contributed by atoms with Crippen LogP contribution < -0.4 is 9.46 Å². The zero-order valence-electron chi connectivity index (χ0n) is 13.4. The molecule has 0 amide bonds. The van der Waals surface area contributed by atoms with Crippen LogP contribution in [0.3, 0.4) is 0 Å². The quantitative estimate of drug-likeness (QED) is 0.742. The van der Waals surface area contributed by atoms with Gasteiger partial charge in [-0.3, -0.25) is 0 Å². The zero-order chi connectivity index (χ0) is 17.2. The van der Waals surface area contributed by atoms with Crippen molar-refractivity contribution in [3.63, 3.8) is 0 Å². The molecule has 2 aromatic carbocycles. The van der Waals surface area contributed by atoms with Gasteiger partial charge in [0.25, 0.3) is 0 Å². The third kappa shape index (κ3) is 3.58. The van der Waals surface area contributed by atoms with Gasteiger partial charge < -0.3 is 9.15 Å². The van der Waals surface area contributed by atoms with Gasteiger partial charge in [-0.2, -0.15) is 0 Å². The molecule has 0 aliphatic rings. The van der Waals surface area contributed by atoms with Crippen molar-refractivity contribution in [1.29, 1.82) is 0 Å². The second-order valence-corrected chi connectivity index (χ2v) is 7.13. The van der Waals surface area contributed by atoms with Gasteiger partial charge in [0.2, 0.25) is 10.0 Å². The molecule has 0 spiro atoms. The molecule has 0 aliphatic heterocycles. The van der Waals surface area contributed by atoms with Crippen molar-refractivity contribution in [1.82, 2.24) is 9.71 Å². The molecule has 0 bridgehead atoms. The number of sulfonamides is 1. The highest BCUT2D eigenvalue weighted by Crippen LogP contribution is 2.20. The van der Waals surface area contributed by atoms with E-state index in [9.17, 15) is 8.42 Å². The molecular formula is C17H18N2O4S. The Balaban J connectivity index is 1.70. The van der Waals surface area contributed by atoms with Crippen LogP contribution in [0.15, 0.2) is 51.8 Å². The first kappa shape index (κ1) is 16.5. The number of hydrogen-bond donors (Lipinski definition) is 1. The fourth-order valence-corrected chi connectivity index (χ4v) is 3.48. The molecule has 3 rings (SSSR count). The van der Waals surface area contributed by atoms with Gasteiger partial charge in [0.1, 0.15) is 11.3 Å². The molecule has 126 valence electrons. The lowest BCUT2D eigenvalue weighted by Gasteiger charge is -2.07. The predicted octanol–water partition coefficient (Wildman–Crippen LogP) is 2.67. The lowest BCUT2D eigenvalue weighted by molar-refractivity contribution is 0.414. The van der Waals surface area contributed by atoms with Crippen molar-refractivity contribution in [3.8, 4) is 5.75 Å². The summed E-state index contributed by atoms with van der Waals surface area (Å²) < 4.78 is 37.9. The summed E-state index contributed by atoms with van der Waals surface area (Å²) in [5.74, 6) is 1.26. The molecule has 0 radical (unpaired) electrons. The van der Waals surface area contributed by atoms with Crippen molar-refractivity contribution < 1.29 is 17.6 Å². The van der Waals surface area contributed by atoms with Gasteiger partial charge >= 0.3 is 0 Å². The summed E-state index contributed by atoms with van der Waals surface area (Å²) in [5, 5.41) is 0. The summed E-state index contributed by atoms with van der Waals surface area (Å²) in [6, 6.07) is 12.2. The molecular weight excluding hydrogens is 328 g/mol. The Labute approximate surface area is 140 Å². The number of ether oxygens (including phenoxy) is 1. The maximum Gasteiger partial charge on any atom is 0.240 e. The van der Waals surface area contributed by atoms with Crippen molar-refractivity contribution in [2.24, 2.45) is 0 Å². The Morgan fingerprint density at radius 3 is 2.83 bits per heavy atom. The predicted molar refractivity (Wildman–Crippen MR) is 90.6 cm³/mol. The van der Waals surface area contributed by atoms with E-state index >= 15 is 0 Å². The molecule has 0 unspecified atom stereocenters. The number of fused-ring (bicyclic) bond motifs is 1. The topological polar surface area (TPSA) is 81.4 Å². The van der Waals surface area contributed by atoms with Gasteiger partial charge in [0, 0.05) is 19.5 Å². The SMILES string of the molecule is COc1cccc(CCNS(=O)(=O)c2ccc3nc(C)oc3c2)c1. The third-order valence-electron chi connectivity index (χ3n) is 3.62. The van der Waals surface area contributed by atoms with Crippen LogP contribution in [0.4, 0.5) is 0 Å². The average molecular weight is 346 g/mol. The highest BCUT2D eigenvalue weighted by Gasteiger charge is 2.15. The maximum absolute atomic E-state index is 12.4. The number of hydrogen-bond acceptors (Lipinski definition) is 5. The largest absolute Gasteiger partial charge is 0.497 e. The van der Waals surface area contributed by atoms with E-state index in [2.05, 4.69) is 9.71 Å². The van der Waals surface area contributed by atoms with Crippen LogP contribution in [0.25, 0.3) is 11.1 Å². The van der Waals surface area contributed by atoms with Gasteiger partial charge in [-0.25, -0.2) is 18.1 Å². The van der Waals surface area contributed by atoms with E-state index in [1.807, 2.05) is 24.3 Å². The third-order valence-corrected chi connectivity index (χ3v) is 5.08. The highest BCUT2D eigenvalue weighted by molar-refractivity contribution is 7.89. The Hall–Kier alpha value is -2.38. The zero-order valence-corrected chi connectivity index (χ0v) is 14.3. The second-order valence-electron chi connectivity index (χ2n) is 5.36. The molecule has 0 atom stereocenters. The summed E-state index contributed by atoms with van der Waals surface area (Å²) in [7, 11) is -2.00. The molecule has 1 aromatic heterocycles. The van der Waals surface area contributed by atoms with E-state index in [0.29, 0.717) is 30.0 Å². The van der Waals surface area contributed by atoms with Crippen LogP contribution in [0.1, 0.15) is 11.5 Å². The Morgan fingerprint density at radius 2 is 2.04 bits per heavy atom. The molecule has 24 heavy (non-hydrogen) atoms. The maximum atomic E-state index is 12.4. The average Bonchev–Trinajstić information content (AvgIpc) is 2.94. The second kappa shape index (κ2) is 6.62. The van der Waals surface area contributed by atoms with Crippen LogP contribution in [0, 0.1) is 6.92 Å². The van der Waals surface area contributed by atoms with Gasteiger partial charge in [-0.1, -0.05) is 12.1 Å². The standard InChI is InChI=1S/C17H18N2O4S/c1-12-19-16-7-6-15(11-17(16)23-12)24(20,21)18-9-8-13-4-3-5-14(10-13)22-2/h3-7,10-11,18H,8-9H2,1-2H3. The molecule has 0 saturated heterocycles. The number of aromatic nitrogens is 1. The van der Waals surface area contributed by atoms with Gasteiger partial charge in [0.15, 0.2) is 11.5 Å². The van der Waals surface area contributed by atoms with Crippen molar-refractivity contribution in [2.75, 3.05) is 13.7 Å². The van der Waals surface area contributed by atoms with E-state index in [-0.39, 0.29) is 4.90 Å². The first-order valence-electron chi connectivity index (χ1n) is 7.48. The minimum Gasteiger partial charge on any atom is -0.497 e.